The van der Waals surface area contributed by atoms with Crippen LogP contribution in [0.3, 0.4) is 0 Å². The number of Topliss-reactive ketones (excluding diaryl/α,β-unsaturated/α-hetero) is 1. The topological polar surface area (TPSA) is 60.7 Å². The minimum absolute atomic E-state index is 0.143. The van der Waals surface area contributed by atoms with Gasteiger partial charge in [-0.2, -0.15) is 4.80 Å². The molecule has 0 saturated heterocycles. The van der Waals surface area contributed by atoms with Crippen LogP contribution in [0.15, 0.2) is 24.3 Å². The SMILES string of the molecule is Cc1cccc(CCC(=O)Cc2nnn(C)n2)c1. The van der Waals surface area contributed by atoms with Crippen molar-refractivity contribution in [1.82, 2.24) is 20.2 Å². The van der Waals surface area contributed by atoms with Gasteiger partial charge in [-0.3, -0.25) is 4.79 Å². The number of aryl methyl sites for hydroxylation is 3. The van der Waals surface area contributed by atoms with Crippen molar-refractivity contribution in [3.8, 4) is 0 Å². The van der Waals surface area contributed by atoms with Crippen LogP contribution < -0.4 is 0 Å². The Morgan fingerprint density at radius 2 is 2.22 bits per heavy atom. The number of benzene rings is 1. The van der Waals surface area contributed by atoms with E-state index in [4.69, 9.17) is 0 Å². The van der Waals surface area contributed by atoms with Crippen LogP contribution in [0, 0.1) is 6.92 Å². The molecule has 0 amide bonds. The average molecular weight is 244 g/mol. The summed E-state index contributed by atoms with van der Waals surface area (Å²) in [7, 11) is 1.69. The third-order valence-electron chi connectivity index (χ3n) is 2.68. The fraction of sp³-hybridized carbons (Fsp3) is 0.385. The molecule has 5 nitrogen and oxygen atoms in total. The Bertz CT molecular complexity index is 547. The number of aromatic nitrogens is 4. The molecular formula is C13H16N4O. The summed E-state index contributed by atoms with van der Waals surface area (Å²) >= 11 is 0. The Hall–Kier alpha value is -2.04. The van der Waals surface area contributed by atoms with Crippen LogP contribution in [0.1, 0.15) is 23.4 Å². The molecule has 0 N–H and O–H groups in total. The Balaban J connectivity index is 1.85. The number of hydrogen-bond acceptors (Lipinski definition) is 4. The van der Waals surface area contributed by atoms with Gasteiger partial charge in [-0.1, -0.05) is 29.8 Å². The number of ketones is 1. The minimum atomic E-state index is 0.143. The number of carbonyl (C=O) groups is 1. The van der Waals surface area contributed by atoms with Crippen LogP contribution in [-0.2, 0) is 24.7 Å². The van der Waals surface area contributed by atoms with Crippen LogP contribution in [0.2, 0.25) is 0 Å². The van der Waals surface area contributed by atoms with E-state index in [1.165, 1.54) is 15.9 Å². The Morgan fingerprint density at radius 1 is 1.39 bits per heavy atom. The first kappa shape index (κ1) is 12.4. The molecule has 94 valence electrons. The zero-order chi connectivity index (χ0) is 13.0. The van der Waals surface area contributed by atoms with Gasteiger partial charge < -0.3 is 0 Å². The molecule has 0 fully saturated rings. The van der Waals surface area contributed by atoms with Gasteiger partial charge in [0.25, 0.3) is 0 Å². The normalized spacial score (nSPS) is 10.6. The second-order valence-electron chi connectivity index (χ2n) is 4.40. The summed E-state index contributed by atoms with van der Waals surface area (Å²) < 4.78 is 0. The third-order valence-corrected chi connectivity index (χ3v) is 2.68. The average Bonchev–Trinajstić information content (AvgIpc) is 2.72. The molecule has 1 aromatic carbocycles. The van der Waals surface area contributed by atoms with E-state index in [2.05, 4.69) is 34.5 Å². The second-order valence-corrected chi connectivity index (χ2v) is 4.40. The molecule has 0 bridgehead atoms. The fourth-order valence-electron chi connectivity index (χ4n) is 1.81. The van der Waals surface area contributed by atoms with E-state index in [9.17, 15) is 4.79 Å². The van der Waals surface area contributed by atoms with Gasteiger partial charge in [0, 0.05) is 6.42 Å². The summed E-state index contributed by atoms with van der Waals surface area (Å²) in [6.07, 6.45) is 1.54. The Kier molecular flexibility index (Phi) is 3.82. The molecule has 1 heterocycles. The monoisotopic (exact) mass is 244 g/mol. The molecule has 1 aromatic heterocycles. The molecule has 5 heteroatoms. The summed E-state index contributed by atoms with van der Waals surface area (Å²) in [6, 6.07) is 8.21. The lowest BCUT2D eigenvalue weighted by Crippen LogP contribution is -2.06. The predicted molar refractivity (Wildman–Crippen MR) is 67.0 cm³/mol. The highest BCUT2D eigenvalue weighted by atomic mass is 16.1. The van der Waals surface area contributed by atoms with Crippen LogP contribution in [0.4, 0.5) is 0 Å². The molecule has 2 aromatic rings. The first-order valence-corrected chi connectivity index (χ1v) is 5.93. The van der Waals surface area contributed by atoms with E-state index >= 15 is 0 Å². The van der Waals surface area contributed by atoms with Gasteiger partial charge in [0.1, 0.15) is 5.78 Å². The number of tetrazole rings is 1. The lowest BCUT2D eigenvalue weighted by atomic mass is 10.0. The van der Waals surface area contributed by atoms with Crippen LogP contribution in [0.25, 0.3) is 0 Å². The zero-order valence-corrected chi connectivity index (χ0v) is 10.6. The van der Waals surface area contributed by atoms with Gasteiger partial charge in [0.2, 0.25) is 0 Å². The van der Waals surface area contributed by atoms with Gasteiger partial charge in [-0.05, 0) is 24.1 Å². The molecule has 0 radical (unpaired) electrons. The van der Waals surface area contributed by atoms with Gasteiger partial charge in [0.05, 0.1) is 13.5 Å². The Labute approximate surface area is 106 Å². The fourth-order valence-corrected chi connectivity index (χ4v) is 1.81. The molecule has 0 aliphatic carbocycles. The van der Waals surface area contributed by atoms with E-state index in [0.29, 0.717) is 12.2 Å². The van der Waals surface area contributed by atoms with Crippen molar-refractivity contribution in [2.75, 3.05) is 0 Å². The molecule has 0 saturated carbocycles. The molecule has 0 aliphatic rings. The highest BCUT2D eigenvalue weighted by molar-refractivity contribution is 5.80. The molecule has 0 aliphatic heterocycles. The van der Waals surface area contributed by atoms with Gasteiger partial charge in [-0.15, -0.1) is 10.2 Å². The van der Waals surface area contributed by atoms with Gasteiger partial charge in [0.15, 0.2) is 5.82 Å². The predicted octanol–water partition coefficient (Wildman–Crippen LogP) is 1.26. The first-order chi connectivity index (χ1) is 8.63. The maximum absolute atomic E-state index is 11.8. The highest BCUT2D eigenvalue weighted by Gasteiger charge is 2.08. The molecular weight excluding hydrogens is 228 g/mol. The molecule has 2 rings (SSSR count). The minimum Gasteiger partial charge on any atom is -0.299 e. The molecule has 18 heavy (non-hydrogen) atoms. The van der Waals surface area contributed by atoms with Crippen molar-refractivity contribution in [2.24, 2.45) is 7.05 Å². The standard InChI is InChI=1S/C13H16N4O/c1-10-4-3-5-11(8-10)6-7-12(18)9-13-14-16-17(2)15-13/h3-5,8H,6-7,9H2,1-2H3. The van der Waals surface area contributed by atoms with Crippen molar-refractivity contribution < 1.29 is 4.79 Å². The van der Waals surface area contributed by atoms with Gasteiger partial charge in [-0.25, -0.2) is 0 Å². The summed E-state index contributed by atoms with van der Waals surface area (Å²) in [5.41, 5.74) is 2.41. The van der Waals surface area contributed by atoms with Crippen LogP contribution >= 0.6 is 0 Å². The van der Waals surface area contributed by atoms with Gasteiger partial charge >= 0.3 is 0 Å². The van der Waals surface area contributed by atoms with Crippen LogP contribution in [-0.4, -0.2) is 26.0 Å². The van der Waals surface area contributed by atoms with Crippen molar-refractivity contribution >= 4 is 5.78 Å². The summed E-state index contributed by atoms with van der Waals surface area (Å²) in [4.78, 5) is 13.1. The Morgan fingerprint density at radius 3 is 2.89 bits per heavy atom. The summed E-state index contributed by atoms with van der Waals surface area (Å²) in [5, 5.41) is 11.5. The maximum Gasteiger partial charge on any atom is 0.182 e. The lowest BCUT2D eigenvalue weighted by molar-refractivity contribution is -0.118. The summed E-state index contributed by atoms with van der Waals surface area (Å²) in [5.74, 6) is 0.635. The largest absolute Gasteiger partial charge is 0.299 e. The molecule has 0 spiro atoms. The number of nitrogens with zero attached hydrogens (tertiary/aromatic N) is 4. The summed E-state index contributed by atoms with van der Waals surface area (Å²) in [6.45, 7) is 2.05. The second kappa shape index (κ2) is 5.53. The van der Waals surface area contributed by atoms with Crippen molar-refractivity contribution in [3.63, 3.8) is 0 Å². The number of rotatable bonds is 5. The van der Waals surface area contributed by atoms with E-state index in [1.807, 2.05) is 12.1 Å². The van der Waals surface area contributed by atoms with Crippen molar-refractivity contribution in [3.05, 3.63) is 41.2 Å². The number of hydrogen-bond donors (Lipinski definition) is 0. The van der Waals surface area contributed by atoms with E-state index in [-0.39, 0.29) is 12.2 Å². The maximum atomic E-state index is 11.8. The highest BCUT2D eigenvalue weighted by Crippen LogP contribution is 2.07. The quantitative estimate of drug-likeness (QED) is 0.794. The lowest BCUT2D eigenvalue weighted by Gasteiger charge is -2.01. The van der Waals surface area contributed by atoms with Crippen molar-refractivity contribution in [2.45, 2.75) is 26.2 Å². The van der Waals surface area contributed by atoms with Crippen molar-refractivity contribution in [1.29, 1.82) is 0 Å². The van der Waals surface area contributed by atoms with E-state index in [0.717, 1.165) is 6.42 Å². The van der Waals surface area contributed by atoms with Crippen LogP contribution in [0.5, 0.6) is 0 Å². The number of carbonyl (C=O) groups excluding carboxylic acids is 1. The molecule has 0 unspecified atom stereocenters. The zero-order valence-electron chi connectivity index (χ0n) is 10.6. The van der Waals surface area contributed by atoms with E-state index in [1.54, 1.807) is 7.05 Å². The third kappa shape index (κ3) is 3.48. The molecule has 0 atom stereocenters. The van der Waals surface area contributed by atoms with E-state index < -0.39 is 0 Å². The first-order valence-electron chi connectivity index (χ1n) is 5.93. The smallest absolute Gasteiger partial charge is 0.182 e.